The number of benzene rings is 1. The summed E-state index contributed by atoms with van der Waals surface area (Å²) in [7, 11) is 0. The number of ketones is 1. The number of nitrogens with one attached hydrogen (secondary N) is 1. The summed E-state index contributed by atoms with van der Waals surface area (Å²) in [6, 6.07) is 10.7. The van der Waals surface area contributed by atoms with Crippen LogP contribution < -0.4 is 5.32 Å². The fraction of sp³-hybridized carbons (Fsp3) is 0.250. The van der Waals surface area contributed by atoms with Gasteiger partial charge in [-0.3, -0.25) is 9.59 Å². The van der Waals surface area contributed by atoms with Gasteiger partial charge < -0.3 is 10.4 Å². The number of aliphatic hydroxyl groups excluding tert-OH is 1. The van der Waals surface area contributed by atoms with Gasteiger partial charge in [0.15, 0.2) is 5.78 Å². The number of carbonyl (C=O) groups is 2. The zero-order valence-corrected chi connectivity index (χ0v) is 12.3. The Morgan fingerprint density at radius 2 is 1.90 bits per heavy atom. The minimum Gasteiger partial charge on any atom is -0.387 e. The molecule has 110 valence electrons. The van der Waals surface area contributed by atoms with Gasteiger partial charge in [-0.05, 0) is 22.4 Å². The van der Waals surface area contributed by atoms with Crippen LogP contribution in [0.2, 0.25) is 0 Å². The Bertz CT molecular complexity index is 581. The number of aliphatic hydroxyl groups is 1. The lowest BCUT2D eigenvalue weighted by molar-refractivity contribution is -0.121. The van der Waals surface area contributed by atoms with Crippen molar-refractivity contribution in [1.82, 2.24) is 5.32 Å². The maximum Gasteiger partial charge on any atom is 0.220 e. The number of carbonyl (C=O) groups excluding carboxylic acids is 2. The van der Waals surface area contributed by atoms with Crippen LogP contribution in [0.1, 0.15) is 34.9 Å². The van der Waals surface area contributed by atoms with Gasteiger partial charge in [-0.1, -0.05) is 30.3 Å². The minimum absolute atomic E-state index is 0.0517. The van der Waals surface area contributed by atoms with Crippen molar-refractivity contribution in [2.24, 2.45) is 0 Å². The van der Waals surface area contributed by atoms with Gasteiger partial charge >= 0.3 is 0 Å². The monoisotopic (exact) mass is 303 g/mol. The van der Waals surface area contributed by atoms with Crippen molar-refractivity contribution in [3.8, 4) is 0 Å². The van der Waals surface area contributed by atoms with E-state index >= 15 is 0 Å². The van der Waals surface area contributed by atoms with Crippen molar-refractivity contribution in [2.45, 2.75) is 18.9 Å². The highest BCUT2D eigenvalue weighted by atomic mass is 32.1. The van der Waals surface area contributed by atoms with Crippen molar-refractivity contribution >= 4 is 23.0 Å². The van der Waals surface area contributed by atoms with E-state index in [1.165, 1.54) is 11.3 Å². The molecule has 1 unspecified atom stereocenters. The van der Waals surface area contributed by atoms with Crippen molar-refractivity contribution in [3.05, 3.63) is 58.3 Å². The summed E-state index contributed by atoms with van der Waals surface area (Å²) in [6.45, 7) is 0.162. The number of hydrogen-bond acceptors (Lipinski definition) is 4. The van der Waals surface area contributed by atoms with Gasteiger partial charge in [0.25, 0.3) is 0 Å². The summed E-state index contributed by atoms with van der Waals surface area (Å²) in [5.41, 5.74) is 1.41. The minimum atomic E-state index is -0.704. The van der Waals surface area contributed by atoms with Crippen LogP contribution in [0.25, 0.3) is 0 Å². The summed E-state index contributed by atoms with van der Waals surface area (Å²) in [5, 5.41) is 16.2. The van der Waals surface area contributed by atoms with Crippen molar-refractivity contribution < 1.29 is 14.7 Å². The van der Waals surface area contributed by atoms with Crippen molar-refractivity contribution in [3.63, 3.8) is 0 Å². The Morgan fingerprint density at radius 1 is 1.14 bits per heavy atom. The molecular weight excluding hydrogens is 286 g/mol. The largest absolute Gasteiger partial charge is 0.387 e. The molecule has 2 aromatic rings. The average Bonchev–Trinajstić information content (AvgIpc) is 3.05. The third-order valence-electron chi connectivity index (χ3n) is 3.10. The molecule has 1 heterocycles. The molecule has 1 aromatic heterocycles. The van der Waals surface area contributed by atoms with Gasteiger partial charge in [-0.15, -0.1) is 0 Å². The lowest BCUT2D eigenvalue weighted by Gasteiger charge is -2.10. The van der Waals surface area contributed by atoms with Gasteiger partial charge in [0.2, 0.25) is 5.91 Å². The molecule has 0 saturated heterocycles. The number of Topliss-reactive ketones (excluding diaryl/α,β-unsaturated/α-hetero) is 1. The molecule has 0 aliphatic heterocycles. The van der Waals surface area contributed by atoms with E-state index in [0.717, 1.165) is 5.56 Å². The van der Waals surface area contributed by atoms with E-state index in [0.29, 0.717) is 5.56 Å². The number of hydrogen-bond donors (Lipinski definition) is 2. The number of amides is 1. The van der Waals surface area contributed by atoms with E-state index in [4.69, 9.17) is 0 Å². The first kappa shape index (κ1) is 15.4. The average molecular weight is 303 g/mol. The van der Waals surface area contributed by atoms with Crippen LogP contribution in [0.5, 0.6) is 0 Å². The van der Waals surface area contributed by atoms with Gasteiger partial charge in [-0.2, -0.15) is 11.3 Å². The molecule has 1 atom stereocenters. The normalized spacial score (nSPS) is 11.9. The topological polar surface area (TPSA) is 66.4 Å². The smallest absolute Gasteiger partial charge is 0.220 e. The second-order valence-electron chi connectivity index (χ2n) is 4.67. The molecule has 0 fully saturated rings. The fourth-order valence-electron chi connectivity index (χ4n) is 1.88. The van der Waals surface area contributed by atoms with Gasteiger partial charge in [0.1, 0.15) is 0 Å². The summed E-state index contributed by atoms with van der Waals surface area (Å²) in [6.07, 6.45) is -0.404. The second kappa shape index (κ2) is 7.71. The van der Waals surface area contributed by atoms with Crippen molar-refractivity contribution in [1.29, 1.82) is 0 Å². The molecule has 4 nitrogen and oxygen atoms in total. The quantitative estimate of drug-likeness (QED) is 0.773. The fourth-order valence-corrected chi connectivity index (χ4v) is 2.58. The first-order valence-corrected chi connectivity index (χ1v) is 7.66. The lowest BCUT2D eigenvalue weighted by atomic mass is 10.1. The standard InChI is InChI=1S/C16H17NO3S/c18-14(12-4-2-1-3-5-12)6-7-16(20)17-10-15(19)13-8-9-21-11-13/h1-5,8-9,11,15,19H,6-7,10H2,(H,17,20). The van der Waals surface area contributed by atoms with Crippen LogP contribution in [0.3, 0.4) is 0 Å². The zero-order valence-electron chi connectivity index (χ0n) is 11.5. The van der Waals surface area contributed by atoms with Crippen LogP contribution in [0, 0.1) is 0 Å². The second-order valence-corrected chi connectivity index (χ2v) is 5.45. The van der Waals surface area contributed by atoms with E-state index in [1.54, 1.807) is 24.3 Å². The Morgan fingerprint density at radius 3 is 2.57 bits per heavy atom. The van der Waals surface area contributed by atoms with Gasteiger partial charge in [0, 0.05) is 24.9 Å². The Balaban J connectivity index is 1.71. The van der Waals surface area contributed by atoms with E-state index in [1.807, 2.05) is 22.9 Å². The molecule has 21 heavy (non-hydrogen) atoms. The van der Waals surface area contributed by atoms with Crippen LogP contribution in [-0.2, 0) is 4.79 Å². The first-order valence-electron chi connectivity index (χ1n) is 6.72. The highest BCUT2D eigenvalue weighted by Gasteiger charge is 2.12. The SMILES string of the molecule is O=C(CCC(=O)c1ccccc1)NCC(O)c1ccsc1. The van der Waals surface area contributed by atoms with E-state index < -0.39 is 6.10 Å². The maximum absolute atomic E-state index is 11.8. The number of rotatable bonds is 7. The predicted molar refractivity (Wildman–Crippen MR) is 82.3 cm³/mol. The van der Waals surface area contributed by atoms with E-state index in [-0.39, 0.29) is 31.1 Å². The molecule has 0 spiro atoms. The maximum atomic E-state index is 11.8. The molecule has 1 aromatic carbocycles. The molecular formula is C16H17NO3S. The molecule has 1 amide bonds. The molecule has 0 saturated carbocycles. The van der Waals surface area contributed by atoms with Gasteiger partial charge in [0.05, 0.1) is 6.10 Å². The zero-order chi connectivity index (χ0) is 15.1. The molecule has 2 rings (SSSR count). The molecule has 0 aliphatic carbocycles. The molecule has 2 N–H and O–H groups in total. The third kappa shape index (κ3) is 4.81. The summed E-state index contributed by atoms with van der Waals surface area (Å²) < 4.78 is 0. The summed E-state index contributed by atoms with van der Waals surface area (Å²) in [5.74, 6) is -0.280. The van der Waals surface area contributed by atoms with Crippen LogP contribution in [-0.4, -0.2) is 23.3 Å². The summed E-state index contributed by atoms with van der Waals surface area (Å²) in [4.78, 5) is 23.5. The molecule has 0 radical (unpaired) electrons. The Kier molecular flexibility index (Phi) is 5.66. The highest BCUT2D eigenvalue weighted by Crippen LogP contribution is 2.15. The molecule has 5 heteroatoms. The summed E-state index contributed by atoms with van der Waals surface area (Å²) >= 11 is 1.50. The van der Waals surface area contributed by atoms with E-state index in [9.17, 15) is 14.7 Å². The predicted octanol–water partition coefficient (Wildman–Crippen LogP) is 2.56. The molecule has 0 aliphatic rings. The third-order valence-corrected chi connectivity index (χ3v) is 3.80. The van der Waals surface area contributed by atoms with Crippen LogP contribution in [0.4, 0.5) is 0 Å². The van der Waals surface area contributed by atoms with Crippen molar-refractivity contribution in [2.75, 3.05) is 6.54 Å². The van der Waals surface area contributed by atoms with Crippen LogP contribution >= 0.6 is 11.3 Å². The van der Waals surface area contributed by atoms with Gasteiger partial charge in [-0.25, -0.2) is 0 Å². The lowest BCUT2D eigenvalue weighted by Crippen LogP contribution is -2.28. The Hall–Kier alpha value is -1.98. The van der Waals surface area contributed by atoms with Crippen LogP contribution in [0.15, 0.2) is 47.2 Å². The van der Waals surface area contributed by atoms with E-state index in [2.05, 4.69) is 5.32 Å². The molecule has 0 bridgehead atoms. The number of thiophene rings is 1. The first-order chi connectivity index (χ1) is 10.2. The Labute approximate surface area is 127 Å². The highest BCUT2D eigenvalue weighted by molar-refractivity contribution is 7.07.